The van der Waals surface area contributed by atoms with Gasteiger partial charge in [0, 0.05) is 22.6 Å². The first-order chi connectivity index (χ1) is 18.1. The molecule has 0 saturated carbocycles. The molecule has 0 radical (unpaired) electrons. The van der Waals surface area contributed by atoms with Gasteiger partial charge in [-0.2, -0.15) is 5.10 Å². The Hall–Kier alpha value is -3.59. The minimum Gasteiger partial charge on any atom is -0.318 e. The largest absolute Gasteiger partial charge is 0.318 e. The summed E-state index contributed by atoms with van der Waals surface area (Å²) in [5, 5.41) is 4.28. The van der Waals surface area contributed by atoms with Gasteiger partial charge in [0.05, 0.1) is 26.8 Å². The number of sulfonamides is 1. The Balaban J connectivity index is 1.58. The zero-order chi connectivity index (χ0) is 27.4. The van der Waals surface area contributed by atoms with Crippen LogP contribution in [-0.2, 0) is 14.8 Å². The zero-order valence-corrected chi connectivity index (χ0v) is 23.3. The first-order valence-corrected chi connectivity index (χ1v) is 13.9. The van der Waals surface area contributed by atoms with Gasteiger partial charge in [-0.1, -0.05) is 65.7 Å². The van der Waals surface area contributed by atoms with Crippen molar-refractivity contribution in [1.82, 2.24) is 9.99 Å². The van der Waals surface area contributed by atoms with Crippen LogP contribution in [0.25, 0.3) is 5.69 Å². The maximum atomic E-state index is 13.5. The van der Waals surface area contributed by atoms with E-state index in [1.807, 2.05) is 51.1 Å². The van der Waals surface area contributed by atoms with Gasteiger partial charge in [0.2, 0.25) is 0 Å². The molecule has 7 nitrogen and oxygen atoms in total. The average Bonchev–Trinajstić information content (AvgIpc) is 3.17. The van der Waals surface area contributed by atoms with Crippen LogP contribution in [0.15, 0.2) is 88.9 Å². The quantitative estimate of drug-likeness (QED) is 0.207. The highest BCUT2D eigenvalue weighted by Gasteiger charge is 2.29. The smallest absolute Gasteiger partial charge is 0.264 e. The monoisotopic (exact) mass is 568 g/mol. The number of para-hydroxylation sites is 1. The number of hydrogen-bond acceptors (Lipinski definition) is 4. The van der Waals surface area contributed by atoms with E-state index in [2.05, 4.69) is 15.1 Å². The van der Waals surface area contributed by atoms with E-state index < -0.39 is 22.5 Å². The predicted molar refractivity (Wildman–Crippen MR) is 153 cm³/mol. The van der Waals surface area contributed by atoms with Crippen LogP contribution in [-0.4, -0.2) is 31.7 Å². The maximum absolute atomic E-state index is 13.5. The van der Waals surface area contributed by atoms with Gasteiger partial charge in [-0.3, -0.25) is 9.10 Å². The van der Waals surface area contributed by atoms with E-state index in [9.17, 15) is 13.2 Å². The van der Waals surface area contributed by atoms with E-state index in [0.717, 1.165) is 32.5 Å². The van der Waals surface area contributed by atoms with E-state index in [4.69, 9.17) is 23.2 Å². The van der Waals surface area contributed by atoms with Crippen molar-refractivity contribution in [1.29, 1.82) is 0 Å². The SMILES string of the molecule is Cc1ccccc1-n1c(C)cc(/C=N\NC(=O)CN(c2cccc(Cl)c2Cl)S(=O)(=O)c2ccccc2)c1C. The molecule has 0 spiro atoms. The summed E-state index contributed by atoms with van der Waals surface area (Å²) in [7, 11) is -4.14. The molecule has 3 aromatic carbocycles. The number of anilines is 1. The van der Waals surface area contributed by atoms with Gasteiger partial charge in [0.15, 0.2) is 0 Å². The molecular formula is C28H26Cl2N4O3S. The molecule has 1 aromatic heterocycles. The standard InChI is InChI=1S/C28H26Cl2N4O3S/c1-19-10-7-8-14-25(19)34-20(2)16-22(21(34)3)17-31-32-27(35)18-33(26-15-9-13-24(29)28(26)30)38(36,37)23-11-5-4-6-12-23/h4-17H,18H2,1-3H3,(H,32,35)/b31-17-. The highest BCUT2D eigenvalue weighted by atomic mass is 35.5. The van der Waals surface area contributed by atoms with Crippen molar-refractivity contribution >= 4 is 51.0 Å². The second-order valence-electron chi connectivity index (χ2n) is 8.64. The van der Waals surface area contributed by atoms with Crippen LogP contribution in [0.1, 0.15) is 22.5 Å². The molecule has 0 bridgehead atoms. The predicted octanol–water partition coefficient (Wildman–Crippen LogP) is 6.05. The molecule has 0 saturated heterocycles. The third-order valence-corrected chi connectivity index (χ3v) is 8.62. The molecule has 1 heterocycles. The maximum Gasteiger partial charge on any atom is 0.264 e. The summed E-state index contributed by atoms with van der Waals surface area (Å²) in [6.45, 7) is 5.45. The van der Waals surface area contributed by atoms with Crippen molar-refractivity contribution in [2.75, 3.05) is 10.8 Å². The van der Waals surface area contributed by atoms with Gasteiger partial charge in [0.1, 0.15) is 6.54 Å². The molecule has 1 N–H and O–H groups in total. The topological polar surface area (TPSA) is 83.8 Å². The lowest BCUT2D eigenvalue weighted by Crippen LogP contribution is -2.39. The van der Waals surface area contributed by atoms with Crippen molar-refractivity contribution < 1.29 is 13.2 Å². The van der Waals surface area contributed by atoms with Gasteiger partial charge < -0.3 is 4.57 Å². The third kappa shape index (κ3) is 5.62. The van der Waals surface area contributed by atoms with Crippen LogP contribution < -0.4 is 9.73 Å². The Morgan fingerprint density at radius 3 is 2.37 bits per heavy atom. The molecule has 0 atom stereocenters. The number of carbonyl (C=O) groups excluding carboxylic acids is 1. The summed E-state index contributed by atoms with van der Waals surface area (Å²) < 4.78 is 30.0. The summed E-state index contributed by atoms with van der Waals surface area (Å²) >= 11 is 12.5. The number of hydrogen-bond donors (Lipinski definition) is 1. The van der Waals surface area contributed by atoms with Gasteiger partial charge in [-0.15, -0.1) is 0 Å². The second-order valence-corrected chi connectivity index (χ2v) is 11.3. The molecule has 38 heavy (non-hydrogen) atoms. The molecule has 0 aliphatic rings. The number of nitrogens with one attached hydrogen (secondary N) is 1. The lowest BCUT2D eigenvalue weighted by molar-refractivity contribution is -0.119. The van der Waals surface area contributed by atoms with Crippen LogP contribution in [0.2, 0.25) is 10.0 Å². The first-order valence-electron chi connectivity index (χ1n) is 11.7. The van der Waals surface area contributed by atoms with Crippen LogP contribution in [0, 0.1) is 20.8 Å². The van der Waals surface area contributed by atoms with E-state index in [0.29, 0.717) is 0 Å². The number of halogens is 2. The van der Waals surface area contributed by atoms with Gasteiger partial charge in [0.25, 0.3) is 15.9 Å². The van der Waals surface area contributed by atoms with E-state index >= 15 is 0 Å². The molecule has 1 amide bonds. The lowest BCUT2D eigenvalue weighted by atomic mass is 10.2. The number of aromatic nitrogens is 1. The first kappa shape index (κ1) is 27.4. The van der Waals surface area contributed by atoms with Crippen molar-refractivity contribution in [2.24, 2.45) is 5.10 Å². The second kappa shape index (κ2) is 11.4. The minimum absolute atomic E-state index is 0.0102. The fourth-order valence-corrected chi connectivity index (χ4v) is 6.05. The number of rotatable bonds is 8. The summed E-state index contributed by atoms with van der Waals surface area (Å²) in [4.78, 5) is 12.9. The molecule has 4 rings (SSSR count). The summed E-state index contributed by atoms with van der Waals surface area (Å²) in [6.07, 6.45) is 1.54. The number of benzene rings is 3. The molecular weight excluding hydrogens is 543 g/mol. The van der Waals surface area contributed by atoms with Crippen LogP contribution in [0.5, 0.6) is 0 Å². The number of aryl methyl sites for hydroxylation is 2. The molecule has 4 aromatic rings. The Morgan fingerprint density at radius 1 is 0.974 bits per heavy atom. The summed E-state index contributed by atoms with van der Waals surface area (Å²) in [5.74, 6) is -0.649. The Kier molecular flexibility index (Phi) is 8.26. The third-order valence-electron chi connectivity index (χ3n) is 6.04. The molecule has 10 heteroatoms. The van der Waals surface area contributed by atoms with Crippen molar-refractivity contribution in [2.45, 2.75) is 25.7 Å². The molecule has 0 unspecified atom stereocenters. The van der Waals surface area contributed by atoms with Gasteiger partial charge >= 0.3 is 0 Å². The van der Waals surface area contributed by atoms with E-state index in [1.165, 1.54) is 24.4 Å². The van der Waals surface area contributed by atoms with Gasteiger partial charge in [-0.25, -0.2) is 13.8 Å². The fraction of sp³-hybridized carbons (Fsp3) is 0.143. The van der Waals surface area contributed by atoms with Crippen LogP contribution >= 0.6 is 23.2 Å². The van der Waals surface area contributed by atoms with Gasteiger partial charge in [-0.05, 0) is 62.7 Å². The molecule has 0 aliphatic carbocycles. The molecule has 0 fully saturated rings. The minimum atomic E-state index is -4.14. The fourth-order valence-electron chi connectivity index (χ4n) is 4.15. The highest BCUT2D eigenvalue weighted by Crippen LogP contribution is 2.35. The Bertz CT molecular complexity index is 1620. The van der Waals surface area contributed by atoms with E-state index in [-0.39, 0.29) is 20.6 Å². The van der Waals surface area contributed by atoms with E-state index in [1.54, 1.807) is 30.3 Å². The van der Waals surface area contributed by atoms with Crippen LogP contribution in [0.3, 0.4) is 0 Å². The van der Waals surface area contributed by atoms with Crippen molar-refractivity contribution in [3.8, 4) is 5.69 Å². The Morgan fingerprint density at radius 2 is 1.66 bits per heavy atom. The lowest BCUT2D eigenvalue weighted by Gasteiger charge is -2.24. The number of nitrogens with zero attached hydrogens (tertiary/aromatic N) is 3. The molecule has 0 aliphatic heterocycles. The number of carbonyl (C=O) groups is 1. The summed E-state index contributed by atoms with van der Waals surface area (Å²) in [6, 6.07) is 22.4. The summed E-state index contributed by atoms with van der Waals surface area (Å²) in [5.41, 5.74) is 7.50. The highest BCUT2D eigenvalue weighted by molar-refractivity contribution is 7.92. The van der Waals surface area contributed by atoms with Crippen molar-refractivity contribution in [3.05, 3.63) is 111 Å². The van der Waals surface area contributed by atoms with Crippen molar-refractivity contribution in [3.63, 3.8) is 0 Å². The zero-order valence-electron chi connectivity index (χ0n) is 21.0. The average molecular weight is 570 g/mol. The van der Waals surface area contributed by atoms with Crippen LogP contribution in [0.4, 0.5) is 5.69 Å². The molecule has 196 valence electrons. The number of amides is 1. The number of hydrazone groups is 1. The normalized spacial score (nSPS) is 11.6. The Labute approximate surface area is 232 Å².